The van der Waals surface area contributed by atoms with E-state index in [-0.39, 0.29) is 23.9 Å². The first kappa shape index (κ1) is 15.4. The number of carbonyl (C=O) groups excluding carboxylic acids is 2. The molecule has 1 unspecified atom stereocenters. The lowest BCUT2D eigenvalue weighted by atomic mass is 9.85. The fraction of sp³-hybridized carbons (Fsp3) is 0.750. The number of nitrogens with zero attached hydrogens (tertiary/aromatic N) is 3. The second kappa shape index (κ2) is 5.75. The summed E-state index contributed by atoms with van der Waals surface area (Å²) in [7, 11) is 0. The van der Waals surface area contributed by atoms with Gasteiger partial charge in [-0.1, -0.05) is 0 Å². The van der Waals surface area contributed by atoms with E-state index in [4.69, 9.17) is 0 Å². The van der Waals surface area contributed by atoms with Crippen LogP contribution in [0.15, 0.2) is 4.79 Å². The van der Waals surface area contributed by atoms with Crippen molar-refractivity contribution < 1.29 is 9.59 Å². The lowest BCUT2D eigenvalue weighted by Crippen LogP contribution is -2.61. The summed E-state index contributed by atoms with van der Waals surface area (Å²) >= 11 is 0. The predicted octanol–water partition coefficient (Wildman–Crippen LogP) is 0.177. The lowest BCUT2D eigenvalue weighted by Gasteiger charge is -2.44. The van der Waals surface area contributed by atoms with Crippen LogP contribution in [0.3, 0.4) is 0 Å². The molecule has 0 aromatic carbocycles. The minimum absolute atomic E-state index is 0.0117. The van der Waals surface area contributed by atoms with Gasteiger partial charge in [-0.05, 0) is 38.5 Å². The highest BCUT2D eigenvalue weighted by Crippen LogP contribution is 2.42. The molecule has 1 atom stereocenters. The van der Waals surface area contributed by atoms with Gasteiger partial charge in [-0.3, -0.25) is 14.6 Å². The van der Waals surface area contributed by atoms with Crippen LogP contribution in [0.25, 0.3) is 0 Å². The fourth-order valence-corrected chi connectivity index (χ4v) is 4.26. The number of hydrogen-bond donors (Lipinski definition) is 2. The normalized spacial score (nSPS) is 27.2. The monoisotopic (exact) mass is 333 g/mol. The van der Waals surface area contributed by atoms with E-state index in [1.165, 1.54) is 0 Å². The number of nitrogens with one attached hydrogen (secondary N) is 2. The Morgan fingerprint density at radius 1 is 1.21 bits per heavy atom. The molecule has 0 radical (unpaired) electrons. The maximum absolute atomic E-state index is 13.1. The SMILES string of the molecule is O=C(CCc1n[nH]c(=O)[nH]1)N1CCCC12CCCN(C1CC1)C2=O. The zero-order valence-electron chi connectivity index (χ0n) is 13.7. The average molecular weight is 333 g/mol. The van der Waals surface area contributed by atoms with Crippen molar-refractivity contribution in [2.24, 2.45) is 0 Å². The summed E-state index contributed by atoms with van der Waals surface area (Å²) in [4.78, 5) is 43.3. The highest BCUT2D eigenvalue weighted by atomic mass is 16.2. The summed E-state index contributed by atoms with van der Waals surface area (Å²) in [6, 6.07) is 0.404. The van der Waals surface area contributed by atoms with E-state index >= 15 is 0 Å². The Morgan fingerprint density at radius 3 is 2.62 bits per heavy atom. The van der Waals surface area contributed by atoms with Gasteiger partial charge >= 0.3 is 5.69 Å². The van der Waals surface area contributed by atoms with Crippen molar-refractivity contribution in [2.75, 3.05) is 13.1 Å². The molecule has 130 valence electrons. The molecule has 4 rings (SSSR count). The molecule has 0 bridgehead atoms. The molecule has 24 heavy (non-hydrogen) atoms. The van der Waals surface area contributed by atoms with Gasteiger partial charge in [-0.2, -0.15) is 5.10 Å². The molecule has 1 aromatic rings. The molecular formula is C16H23N5O3. The molecule has 8 nitrogen and oxygen atoms in total. The van der Waals surface area contributed by atoms with Gasteiger partial charge < -0.3 is 9.80 Å². The minimum atomic E-state index is -0.614. The number of aryl methyl sites for hydroxylation is 1. The molecule has 2 aliphatic heterocycles. The molecule has 2 N–H and O–H groups in total. The predicted molar refractivity (Wildman–Crippen MR) is 85.2 cm³/mol. The van der Waals surface area contributed by atoms with Gasteiger partial charge in [0.25, 0.3) is 0 Å². The first-order valence-electron chi connectivity index (χ1n) is 8.85. The highest BCUT2D eigenvalue weighted by molar-refractivity contribution is 5.93. The molecule has 2 saturated heterocycles. The summed E-state index contributed by atoms with van der Waals surface area (Å²) in [6.45, 7) is 1.49. The van der Waals surface area contributed by atoms with Crippen LogP contribution in [-0.4, -0.2) is 61.5 Å². The third-order valence-corrected chi connectivity index (χ3v) is 5.55. The van der Waals surface area contributed by atoms with E-state index < -0.39 is 5.54 Å². The van der Waals surface area contributed by atoms with Crippen molar-refractivity contribution in [3.8, 4) is 0 Å². The second-order valence-electron chi connectivity index (χ2n) is 7.14. The lowest BCUT2D eigenvalue weighted by molar-refractivity contribution is -0.155. The number of likely N-dealkylation sites (tertiary alicyclic amines) is 2. The molecule has 3 heterocycles. The molecule has 2 amide bonds. The number of H-pyrrole nitrogens is 2. The van der Waals surface area contributed by atoms with Crippen LogP contribution in [0.4, 0.5) is 0 Å². The number of aromatic nitrogens is 3. The summed E-state index contributed by atoms with van der Waals surface area (Å²) in [6.07, 6.45) is 6.25. The minimum Gasteiger partial charge on any atom is -0.338 e. The van der Waals surface area contributed by atoms with E-state index in [9.17, 15) is 14.4 Å². The Hall–Kier alpha value is -2.12. The summed E-state index contributed by atoms with van der Waals surface area (Å²) in [5.41, 5.74) is -0.977. The largest absolute Gasteiger partial charge is 0.340 e. The third kappa shape index (κ3) is 2.53. The molecule has 3 fully saturated rings. The van der Waals surface area contributed by atoms with Crippen LogP contribution in [-0.2, 0) is 16.0 Å². The van der Waals surface area contributed by atoms with Crippen molar-refractivity contribution >= 4 is 11.8 Å². The average Bonchev–Trinajstić information content (AvgIpc) is 3.19. The molecular weight excluding hydrogens is 310 g/mol. The van der Waals surface area contributed by atoms with Crippen molar-refractivity contribution in [1.29, 1.82) is 0 Å². The maximum Gasteiger partial charge on any atom is 0.340 e. The Kier molecular flexibility index (Phi) is 3.69. The van der Waals surface area contributed by atoms with E-state index in [2.05, 4.69) is 15.2 Å². The van der Waals surface area contributed by atoms with E-state index in [1.54, 1.807) is 0 Å². The summed E-state index contributed by atoms with van der Waals surface area (Å²) < 4.78 is 0. The molecule has 1 aromatic heterocycles. The van der Waals surface area contributed by atoms with Crippen molar-refractivity contribution in [3.63, 3.8) is 0 Å². The Labute approximate surface area is 139 Å². The summed E-state index contributed by atoms with van der Waals surface area (Å²) in [5, 5.41) is 6.14. The van der Waals surface area contributed by atoms with Gasteiger partial charge in [0.05, 0.1) is 0 Å². The van der Waals surface area contributed by atoms with Gasteiger partial charge in [0.1, 0.15) is 11.4 Å². The first-order chi connectivity index (χ1) is 11.6. The molecule has 1 aliphatic carbocycles. The van der Waals surface area contributed by atoms with E-state index in [1.807, 2.05) is 9.80 Å². The number of piperidine rings is 1. The standard InChI is InChI=1S/C16H23N5O3/c22-13(6-5-12-17-15(24)19-18-12)21-10-2-8-16(21)7-1-9-20(14(16)23)11-3-4-11/h11H,1-10H2,(H2,17,18,19,24). The molecule has 8 heteroatoms. The van der Waals surface area contributed by atoms with Crippen LogP contribution in [0, 0.1) is 0 Å². The number of hydrogen-bond acceptors (Lipinski definition) is 4. The topological polar surface area (TPSA) is 102 Å². The number of amides is 2. The van der Waals surface area contributed by atoms with Crippen LogP contribution in [0.1, 0.15) is 50.8 Å². The number of aromatic amines is 2. The van der Waals surface area contributed by atoms with Gasteiger partial charge in [-0.25, -0.2) is 9.89 Å². The van der Waals surface area contributed by atoms with Crippen LogP contribution in [0.2, 0.25) is 0 Å². The molecule has 1 saturated carbocycles. The molecule has 1 spiro atoms. The van der Waals surface area contributed by atoms with Crippen molar-refractivity contribution in [2.45, 2.75) is 62.9 Å². The quantitative estimate of drug-likeness (QED) is 0.820. The smallest absolute Gasteiger partial charge is 0.338 e. The molecule has 3 aliphatic rings. The number of carbonyl (C=O) groups is 2. The summed E-state index contributed by atoms with van der Waals surface area (Å²) in [5.74, 6) is 0.633. The van der Waals surface area contributed by atoms with Crippen molar-refractivity contribution in [3.05, 3.63) is 16.3 Å². The van der Waals surface area contributed by atoms with Gasteiger partial charge in [0, 0.05) is 32.0 Å². The third-order valence-electron chi connectivity index (χ3n) is 5.55. The van der Waals surface area contributed by atoms with E-state index in [0.29, 0.717) is 24.8 Å². The highest BCUT2D eigenvalue weighted by Gasteiger charge is 2.54. The zero-order valence-corrected chi connectivity index (χ0v) is 13.7. The maximum atomic E-state index is 13.1. The van der Waals surface area contributed by atoms with Gasteiger partial charge in [-0.15, -0.1) is 0 Å². The Balaban J connectivity index is 1.47. The fourth-order valence-electron chi connectivity index (χ4n) is 4.26. The van der Waals surface area contributed by atoms with Crippen LogP contribution < -0.4 is 5.69 Å². The Morgan fingerprint density at radius 2 is 1.96 bits per heavy atom. The second-order valence-corrected chi connectivity index (χ2v) is 7.14. The van der Waals surface area contributed by atoms with Crippen LogP contribution >= 0.6 is 0 Å². The Bertz CT molecular complexity index is 707. The first-order valence-corrected chi connectivity index (χ1v) is 8.85. The van der Waals surface area contributed by atoms with Crippen LogP contribution in [0.5, 0.6) is 0 Å². The van der Waals surface area contributed by atoms with E-state index in [0.717, 1.165) is 45.1 Å². The van der Waals surface area contributed by atoms with Crippen molar-refractivity contribution in [1.82, 2.24) is 25.0 Å². The van der Waals surface area contributed by atoms with Gasteiger partial charge in [0.2, 0.25) is 11.8 Å². The van der Waals surface area contributed by atoms with Gasteiger partial charge in [0.15, 0.2) is 0 Å². The zero-order chi connectivity index (χ0) is 16.7. The number of rotatable bonds is 4.